The molecule has 2 N–H and O–H groups in total. The highest BCUT2D eigenvalue weighted by molar-refractivity contribution is 7.54. The number of hydroxylamine groups is 2. The van der Waals surface area contributed by atoms with Crippen LogP contribution in [0.2, 0.25) is 0 Å². The molecule has 32 heavy (non-hydrogen) atoms. The maximum Gasteiger partial charge on any atom is 0.354 e. The van der Waals surface area contributed by atoms with E-state index < -0.39 is 43.4 Å². The molecular weight excluding hydrogens is 437 g/mol. The smallest absolute Gasteiger partial charge is 0.354 e. The molecule has 1 fully saturated rings. The summed E-state index contributed by atoms with van der Waals surface area (Å²) < 4.78 is 25.2. The summed E-state index contributed by atoms with van der Waals surface area (Å²) in [5, 5.41) is 20.8. The van der Waals surface area contributed by atoms with Gasteiger partial charge in [-0.25, -0.2) is 4.79 Å². The lowest BCUT2D eigenvalue weighted by Gasteiger charge is -2.36. The van der Waals surface area contributed by atoms with Crippen LogP contribution < -0.4 is 0 Å². The van der Waals surface area contributed by atoms with E-state index in [2.05, 4.69) is 0 Å². The largest absolute Gasteiger partial charge is 0.481 e. The average Bonchev–Trinajstić information content (AvgIpc) is 3.16. The van der Waals surface area contributed by atoms with Crippen LogP contribution in [-0.4, -0.2) is 46.5 Å². The average molecular weight is 463 g/mol. The van der Waals surface area contributed by atoms with Gasteiger partial charge in [0.1, 0.15) is 5.92 Å². The molecule has 1 aliphatic heterocycles. The molecule has 1 saturated heterocycles. The number of carboxylic acid groups (broad SMARTS) is 2. The molecule has 0 aromatic heterocycles. The highest BCUT2D eigenvalue weighted by Gasteiger charge is 2.57. The minimum absolute atomic E-state index is 0.0647. The van der Waals surface area contributed by atoms with Crippen LogP contribution in [0.15, 0.2) is 60.7 Å². The Bertz CT molecular complexity index is 960. The number of hydrogen-bond acceptors (Lipinski definition) is 7. The van der Waals surface area contributed by atoms with E-state index in [-0.39, 0.29) is 13.2 Å². The molecule has 0 spiro atoms. The van der Waals surface area contributed by atoms with E-state index in [9.17, 15) is 24.4 Å². The van der Waals surface area contributed by atoms with Crippen molar-refractivity contribution < 1.29 is 38.3 Å². The first-order chi connectivity index (χ1) is 15.3. The molecule has 1 unspecified atom stereocenters. The van der Waals surface area contributed by atoms with Crippen molar-refractivity contribution in [2.75, 3.05) is 13.2 Å². The summed E-state index contributed by atoms with van der Waals surface area (Å²) in [5.74, 6) is -5.43. The highest BCUT2D eigenvalue weighted by Crippen LogP contribution is 2.65. The minimum Gasteiger partial charge on any atom is -0.481 e. The molecule has 0 saturated carbocycles. The van der Waals surface area contributed by atoms with E-state index in [1.54, 1.807) is 74.5 Å². The Morgan fingerprint density at radius 2 is 1.50 bits per heavy atom. The van der Waals surface area contributed by atoms with Gasteiger partial charge in [-0.15, -0.1) is 0 Å². The van der Waals surface area contributed by atoms with Crippen LogP contribution in [0, 0.1) is 5.92 Å². The first kappa shape index (κ1) is 24.1. The first-order valence-corrected chi connectivity index (χ1v) is 11.8. The van der Waals surface area contributed by atoms with E-state index in [4.69, 9.17) is 13.9 Å². The molecular formula is C22H26NO8P. The number of carboxylic acids is 2. The Morgan fingerprint density at radius 1 is 0.969 bits per heavy atom. The molecule has 0 radical (unpaired) electrons. The molecule has 2 aromatic rings. The second-order valence-electron chi connectivity index (χ2n) is 7.10. The predicted molar refractivity (Wildman–Crippen MR) is 115 cm³/mol. The molecule has 172 valence electrons. The maximum absolute atomic E-state index is 14.0. The Balaban J connectivity index is 2.23. The number of aliphatic carboxylic acids is 2. The van der Waals surface area contributed by atoms with E-state index in [0.29, 0.717) is 11.1 Å². The molecule has 2 aromatic carbocycles. The fraction of sp³-hybridized carbons (Fsp3) is 0.364. The summed E-state index contributed by atoms with van der Waals surface area (Å²) in [4.78, 5) is 29.9. The van der Waals surface area contributed by atoms with E-state index >= 15 is 0 Å². The quantitative estimate of drug-likeness (QED) is 0.502. The second kappa shape index (κ2) is 10.4. The lowest BCUT2D eigenvalue weighted by molar-refractivity contribution is -0.195. The van der Waals surface area contributed by atoms with Crippen molar-refractivity contribution in [1.82, 2.24) is 5.06 Å². The first-order valence-electron chi connectivity index (χ1n) is 10.2. The molecule has 1 aliphatic rings. The zero-order valence-electron chi connectivity index (χ0n) is 17.7. The van der Waals surface area contributed by atoms with Crippen LogP contribution in [0.3, 0.4) is 0 Å². The lowest BCUT2D eigenvalue weighted by atomic mass is 9.89. The minimum atomic E-state index is -3.96. The number of nitrogens with zero attached hydrogens (tertiary/aromatic N) is 1. The van der Waals surface area contributed by atoms with Gasteiger partial charge < -0.3 is 19.3 Å². The van der Waals surface area contributed by atoms with Crippen molar-refractivity contribution in [3.05, 3.63) is 71.8 Å². The third-order valence-electron chi connectivity index (χ3n) is 5.10. The SMILES string of the molecule is CCOP(=O)(OCC)C(c1ccccc1)N1O[C@@H](C(=O)O)[C@@H](C(=O)O)[C@H]1c1ccccc1. The van der Waals surface area contributed by atoms with Gasteiger partial charge in [-0.1, -0.05) is 60.7 Å². The highest BCUT2D eigenvalue weighted by atomic mass is 31.2. The van der Waals surface area contributed by atoms with E-state index in [1.807, 2.05) is 0 Å². The number of carbonyl (C=O) groups is 2. The molecule has 3 rings (SSSR count). The number of benzene rings is 2. The van der Waals surface area contributed by atoms with Gasteiger partial charge in [-0.3, -0.25) is 14.2 Å². The topological polar surface area (TPSA) is 123 Å². The monoisotopic (exact) mass is 463 g/mol. The van der Waals surface area contributed by atoms with Crippen LogP contribution in [0.5, 0.6) is 0 Å². The van der Waals surface area contributed by atoms with Crippen molar-refractivity contribution in [2.24, 2.45) is 5.92 Å². The Morgan fingerprint density at radius 3 is 1.97 bits per heavy atom. The van der Waals surface area contributed by atoms with Crippen molar-refractivity contribution >= 4 is 19.5 Å². The fourth-order valence-electron chi connectivity index (χ4n) is 3.90. The van der Waals surface area contributed by atoms with Gasteiger partial charge in [0.05, 0.1) is 19.3 Å². The van der Waals surface area contributed by atoms with Crippen molar-refractivity contribution in [2.45, 2.75) is 31.8 Å². The summed E-state index contributed by atoms with van der Waals surface area (Å²) in [5.41, 5.74) is 0.984. The molecule has 0 bridgehead atoms. The molecule has 4 atom stereocenters. The molecule has 10 heteroatoms. The lowest BCUT2D eigenvalue weighted by Crippen LogP contribution is -2.34. The maximum atomic E-state index is 14.0. The van der Waals surface area contributed by atoms with Gasteiger partial charge in [0, 0.05) is 0 Å². The van der Waals surface area contributed by atoms with Gasteiger partial charge in [-0.05, 0) is 25.0 Å². The summed E-state index contributed by atoms with van der Waals surface area (Å²) in [6.07, 6.45) is -1.69. The molecule has 0 amide bonds. The molecule has 1 heterocycles. The van der Waals surface area contributed by atoms with Gasteiger partial charge in [0.15, 0.2) is 11.9 Å². The Labute approximate surface area is 186 Å². The van der Waals surface area contributed by atoms with Crippen LogP contribution >= 0.6 is 7.60 Å². The molecule has 0 aliphatic carbocycles. The Hall–Kier alpha value is -2.55. The van der Waals surface area contributed by atoms with Gasteiger partial charge in [-0.2, -0.15) is 5.06 Å². The van der Waals surface area contributed by atoms with Crippen molar-refractivity contribution in [1.29, 1.82) is 0 Å². The summed E-state index contributed by atoms with van der Waals surface area (Å²) in [6.45, 7) is 3.45. The second-order valence-corrected chi connectivity index (χ2v) is 9.19. The third-order valence-corrected chi connectivity index (χ3v) is 7.46. The Kier molecular flexibility index (Phi) is 7.82. The predicted octanol–water partition coefficient (Wildman–Crippen LogP) is 4.09. The number of hydrogen-bond donors (Lipinski definition) is 2. The standard InChI is InChI=1S/C22H26NO8P/c1-3-29-32(28,30-4-2)20(16-13-9-6-10-14-16)23-18(15-11-7-5-8-12-15)17(21(24)25)19(31-23)22(26)27/h5-14,17-20H,3-4H2,1-2H3,(H,24,25)(H,26,27)/t17-,18+,19+,20?/m0/s1. The summed E-state index contributed by atoms with van der Waals surface area (Å²) in [7, 11) is -3.96. The van der Waals surface area contributed by atoms with Crippen LogP contribution in [-0.2, 0) is 28.0 Å². The number of rotatable bonds is 10. The van der Waals surface area contributed by atoms with E-state index in [0.717, 1.165) is 0 Å². The fourth-order valence-corrected chi connectivity index (χ4v) is 5.99. The van der Waals surface area contributed by atoms with Crippen molar-refractivity contribution in [3.63, 3.8) is 0 Å². The van der Waals surface area contributed by atoms with Crippen LogP contribution in [0.25, 0.3) is 0 Å². The zero-order chi connectivity index (χ0) is 23.3. The van der Waals surface area contributed by atoms with Crippen LogP contribution in [0.4, 0.5) is 0 Å². The summed E-state index contributed by atoms with van der Waals surface area (Å²) >= 11 is 0. The van der Waals surface area contributed by atoms with E-state index in [1.165, 1.54) is 5.06 Å². The van der Waals surface area contributed by atoms with Gasteiger partial charge in [0.2, 0.25) is 0 Å². The summed E-state index contributed by atoms with van der Waals surface area (Å²) in [6, 6.07) is 16.1. The van der Waals surface area contributed by atoms with Crippen LogP contribution in [0.1, 0.15) is 36.8 Å². The van der Waals surface area contributed by atoms with Gasteiger partial charge >= 0.3 is 19.5 Å². The zero-order valence-corrected chi connectivity index (χ0v) is 18.6. The third kappa shape index (κ3) is 4.77. The normalized spacial score (nSPS) is 22.5. The molecule has 9 nitrogen and oxygen atoms in total. The van der Waals surface area contributed by atoms with Gasteiger partial charge in [0.25, 0.3) is 0 Å². The van der Waals surface area contributed by atoms with Crippen molar-refractivity contribution in [3.8, 4) is 0 Å².